The van der Waals surface area contributed by atoms with Crippen molar-refractivity contribution in [1.82, 2.24) is 0 Å². The van der Waals surface area contributed by atoms with Crippen molar-refractivity contribution in [2.45, 2.75) is 0 Å². The van der Waals surface area contributed by atoms with E-state index in [0.29, 0.717) is 10.6 Å². The summed E-state index contributed by atoms with van der Waals surface area (Å²) in [6.07, 6.45) is 1.30. The van der Waals surface area contributed by atoms with Crippen LogP contribution in [0, 0.1) is 15.9 Å². The number of rotatable bonds is 3. The molecule has 0 aliphatic rings. The van der Waals surface area contributed by atoms with Crippen molar-refractivity contribution in [2.75, 3.05) is 0 Å². The molecule has 0 saturated carbocycles. The highest BCUT2D eigenvalue weighted by Crippen LogP contribution is 2.22. The molecule has 0 atom stereocenters. The van der Waals surface area contributed by atoms with Gasteiger partial charge in [-0.1, -0.05) is 23.7 Å². The van der Waals surface area contributed by atoms with E-state index in [4.69, 9.17) is 11.6 Å². The quantitative estimate of drug-likeness (QED) is 0.481. The molecule has 0 aliphatic heterocycles. The van der Waals surface area contributed by atoms with Gasteiger partial charge in [-0.05, 0) is 18.2 Å². The van der Waals surface area contributed by atoms with Crippen molar-refractivity contribution >= 4 is 29.2 Å². The lowest BCUT2D eigenvalue weighted by Crippen LogP contribution is -1.91. The van der Waals surface area contributed by atoms with Crippen molar-refractivity contribution in [3.8, 4) is 0 Å². The summed E-state index contributed by atoms with van der Waals surface area (Å²) in [7, 11) is 0. The SMILES string of the molecule is O=[N+]([O-])c1ccc(Cl)c(C=Nc2ccccc2F)c1. The van der Waals surface area contributed by atoms with Gasteiger partial charge in [0.2, 0.25) is 0 Å². The molecule has 0 saturated heterocycles. The number of nitro groups is 1. The Balaban J connectivity index is 2.35. The number of hydrogen-bond acceptors (Lipinski definition) is 3. The number of benzene rings is 2. The van der Waals surface area contributed by atoms with Crippen LogP contribution < -0.4 is 0 Å². The molecule has 2 aromatic carbocycles. The van der Waals surface area contributed by atoms with Crippen molar-refractivity contribution in [1.29, 1.82) is 0 Å². The molecule has 19 heavy (non-hydrogen) atoms. The first-order chi connectivity index (χ1) is 9.08. The predicted molar refractivity (Wildman–Crippen MR) is 71.8 cm³/mol. The van der Waals surface area contributed by atoms with Crippen LogP contribution in [-0.2, 0) is 0 Å². The zero-order valence-corrected chi connectivity index (χ0v) is 10.3. The summed E-state index contributed by atoms with van der Waals surface area (Å²) in [6.45, 7) is 0. The van der Waals surface area contributed by atoms with Gasteiger partial charge >= 0.3 is 0 Å². The predicted octanol–water partition coefficient (Wildman–Crippen LogP) is 4.14. The van der Waals surface area contributed by atoms with Gasteiger partial charge in [-0.2, -0.15) is 0 Å². The van der Waals surface area contributed by atoms with Gasteiger partial charge < -0.3 is 0 Å². The lowest BCUT2D eigenvalue weighted by atomic mass is 10.2. The topological polar surface area (TPSA) is 55.5 Å². The van der Waals surface area contributed by atoms with E-state index in [-0.39, 0.29) is 11.4 Å². The van der Waals surface area contributed by atoms with E-state index in [9.17, 15) is 14.5 Å². The molecule has 0 spiro atoms. The molecule has 0 aromatic heterocycles. The second kappa shape index (κ2) is 5.58. The minimum atomic E-state index is -0.531. The summed E-state index contributed by atoms with van der Waals surface area (Å²) in [5.74, 6) is -0.472. The third-order valence-electron chi connectivity index (χ3n) is 2.39. The van der Waals surface area contributed by atoms with Crippen LogP contribution in [0.2, 0.25) is 5.02 Å². The molecule has 0 aliphatic carbocycles. The molecule has 0 heterocycles. The maximum Gasteiger partial charge on any atom is 0.270 e. The van der Waals surface area contributed by atoms with Crippen LogP contribution >= 0.6 is 11.6 Å². The Morgan fingerprint density at radius 3 is 2.68 bits per heavy atom. The van der Waals surface area contributed by atoms with Crippen LogP contribution in [0.3, 0.4) is 0 Å². The molecule has 0 radical (unpaired) electrons. The van der Waals surface area contributed by atoms with Crippen LogP contribution in [0.25, 0.3) is 0 Å². The molecule has 96 valence electrons. The van der Waals surface area contributed by atoms with Gasteiger partial charge in [-0.15, -0.1) is 0 Å². The molecule has 0 fully saturated rings. The van der Waals surface area contributed by atoms with E-state index in [1.165, 1.54) is 36.5 Å². The molecule has 0 N–H and O–H groups in total. The Bertz CT molecular complexity index is 659. The fourth-order valence-corrected chi connectivity index (χ4v) is 1.61. The molecule has 0 unspecified atom stereocenters. The van der Waals surface area contributed by atoms with E-state index >= 15 is 0 Å². The molecule has 6 heteroatoms. The van der Waals surface area contributed by atoms with Crippen LogP contribution in [0.15, 0.2) is 47.5 Å². The Morgan fingerprint density at radius 2 is 2.00 bits per heavy atom. The molecule has 0 bridgehead atoms. The van der Waals surface area contributed by atoms with E-state index in [1.807, 2.05) is 0 Å². The molecule has 4 nitrogen and oxygen atoms in total. The van der Waals surface area contributed by atoms with Gasteiger partial charge in [0.05, 0.1) is 10.6 Å². The first-order valence-corrected chi connectivity index (χ1v) is 5.68. The Hall–Kier alpha value is -2.27. The molecular weight excluding hydrogens is 271 g/mol. The van der Waals surface area contributed by atoms with Crippen molar-refractivity contribution < 1.29 is 9.31 Å². The molecule has 0 amide bonds. The second-order valence-electron chi connectivity index (χ2n) is 3.67. The van der Waals surface area contributed by atoms with E-state index in [1.54, 1.807) is 12.1 Å². The smallest absolute Gasteiger partial charge is 0.258 e. The van der Waals surface area contributed by atoms with Crippen LogP contribution in [0.5, 0.6) is 0 Å². The highest BCUT2D eigenvalue weighted by Gasteiger charge is 2.08. The average Bonchev–Trinajstić information content (AvgIpc) is 2.39. The van der Waals surface area contributed by atoms with E-state index < -0.39 is 10.7 Å². The molecule has 2 aromatic rings. The number of nitro benzene ring substituents is 1. The Morgan fingerprint density at radius 1 is 1.26 bits per heavy atom. The van der Waals surface area contributed by atoms with Gasteiger partial charge in [0.25, 0.3) is 5.69 Å². The maximum atomic E-state index is 13.3. The lowest BCUT2D eigenvalue weighted by molar-refractivity contribution is -0.384. The summed E-state index contributed by atoms with van der Waals surface area (Å²) in [5.41, 5.74) is 0.406. The fourth-order valence-electron chi connectivity index (χ4n) is 1.44. The normalized spacial score (nSPS) is 10.8. The third-order valence-corrected chi connectivity index (χ3v) is 2.73. The Kier molecular flexibility index (Phi) is 3.87. The zero-order chi connectivity index (χ0) is 13.8. The minimum absolute atomic E-state index is 0.0978. The standard InChI is InChI=1S/C13H8ClFN2O2/c14-11-6-5-10(17(18)19)7-9(11)8-16-13-4-2-1-3-12(13)15/h1-8H. The summed E-state index contributed by atoms with van der Waals surface area (Å²) >= 11 is 5.90. The van der Waals surface area contributed by atoms with Crippen LogP contribution in [0.4, 0.5) is 15.8 Å². The summed E-state index contributed by atoms with van der Waals surface area (Å²) in [5, 5.41) is 11.0. The maximum absolute atomic E-state index is 13.3. The summed E-state index contributed by atoms with van der Waals surface area (Å²) in [4.78, 5) is 14.1. The first-order valence-electron chi connectivity index (χ1n) is 5.30. The highest BCUT2D eigenvalue weighted by molar-refractivity contribution is 6.33. The second-order valence-corrected chi connectivity index (χ2v) is 4.08. The Labute approximate surface area is 113 Å². The van der Waals surface area contributed by atoms with Gasteiger partial charge in [0.1, 0.15) is 5.82 Å². The number of nitrogens with zero attached hydrogens (tertiary/aromatic N) is 2. The first kappa shape index (κ1) is 13.2. The van der Waals surface area contributed by atoms with Crippen LogP contribution in [0.1, 0.15) is 5.56 Å². The summed E-state index contributed by atoms with van der Waals surface area (Å²) < 4.78 is 13.3. The van der Waals surface area contributed by atoms with Crippen molar-refractivity contribution in [2.24, 2.45) is 4.99 Å². The van der Waals surface area contributed by atoms with Crippen molar-refractivity contribution in [3.63, 3.8) is 0 Å². The van der Waals surface area contributed by atoms with E-state index in [2.05, 4.69) is 4.99 Å². The number of hydrogen-bond donors (Lipinski definition) is 0. The van der Waals surface area contributed by atoms with E-state index in [0.717, 1.165) is 0 Å². The van der Waals surface area contributed by atoms with Crippen molar-refractivity contribution in [3.05, 3.63) is 69.0 Å². The minimum Gasteiger partial charge on any atom is -0.258 e. The highest BCUT2D eigenvalue weighted by atomic mass is 35.5. The molecular formula is C13H8ClFN2O2. The number of aliphatic imine (C=N–C) groups is 1. The number of halogens is 2. The number of para-hydroxylation sites is 1. The largest absolute Gasteiger partial charge is 0.270 e. The van der Waals surface area contributed by atoms with Gasteiger partial charge in [0, 0.05) is 28.9 Å². The average molecular weight is 279 g/mol. The molecule has 2 rings (SSSR count). The van der Waals surface area contributed by atoms with Gasteiger partial charge in [0.15, 0.2) is 0 Å². The monoisotopic (exact) mass is 278 g/mol. The third kappa shape index (κ3) is 3.14. The zero-order valence-electron chi connectivity index (χ0n) is 9.59. The fraction of sp³-hybridized carbons (Fsp3) is 0. The van der Waals surface area contributed by atoms with Gasteiger partial charge in [-0.3, -0.25) is 15.1 Å². The summed E-state index contributed by atoms with van der Waals surface area (Å²) in [6, 6.07) is 9.95. The number of non-ortho nitro benzene ring substituents is 1. The lowest BCUT2D eigenvalue weighted by Gasteiger charge is -1.99. The van der Waals surface area contributed by atoms with Gasteiger partial charge in [-0.25, -0.2) is 4.39 Å². The van der Waals surface area contributed by atoms with Crippen LogP contribution in [-0.4, -0.2) is 11.1 Å².